The molecule has 3 rings (SSSR count). The molecule has 1 aromatic heterocycles. The third kappa shape index (κ3) is 4.62. The Hall–Kier alpha value is -1.73. The number of carbonyl (C=O) groups is 1. The zero-order chi connectivity index (χ0) is 16.1. The van der Waals surface area contributed by atoms with Crippen molar-refractivity contribution < 1.29 is 4.79 Å². The van der Waals surface area contributed by atoms with Gasteiger partial charge in [-0.3, -0.25) is 9.89 Å². The molecule has 1 atom stereocenters. The molecule has 2 aromatic rings. The van der Waals surface area contributed by atoms with Crippen molar-refractivity contribution >= 4 is 21.8 Å². The Labute approximate surface area is 143 Å². The fourth-order valence-electron chi connectivity index (χ4n) is 2.67. The van der Waals surface area contributed by atoms with Crippen LogP contribution in [0.1, 0.15) is 25.1 Å². The minimum absolute atomic E-state index is 0.0680. The summed E-state index contributed by atoms with van der Waals surface area (Å²) in [5.74, 6) is 2.01. The predicted octanol–water partition coefficient (Wildman–Crippen LogP) is 2.24. The first kappa shape index (κ1) is 16.1. The van der Waals surface area contributed by atoms with Crippen LogP contribution in [0, 0.1) is 5.92 Å². The SMILES string of the molecule is O=C(CCC1CCNC1)NCc1nc(-c2ccc(Br)cc2)n[nH]1. The first-order valence-corrected chi connectivity index (χ1v) is 8.64. The lowest BCUT2D eigenvalue weighted by atomic mass is 10.0. The van der Waals surface area contributed by atoms with E-state index in [2.05, 4.69) is 41.7 Å². The maximum Gasteiger partial charge on any atom is 0.220 e. The molecule has 0 bridgehead atoms. The molecule has 0 radical (unpaired) electrons. The first-order valence-electron chi connectivity index (χ1n) is 7.85. The van der Waals surface area contributed by atoms with Crippen LogP contribution in [0.4, 0.5) is 0 Å². The summed E-state index contributed by atoms with van der Waals surface area (Å²) < 4.78 is 1.02. The van der Waals surface area contributed by atoms with Gasteiger partial charge in [-0.1, -0.05) is 28.1 Å². The summed E-state index contributed by atoms with van der Waals surface area (Å²) in [6, 6.07) is 7.80. The molecule has 0 saturated carbocycles. The highest BCUT2D eigenvalue weighted by molar-refractivity contribution is 9.10. The number of nitrogens with zero attached hydrogens (tertiary/aromatic N) is 2. The highest BCUT2D eigenvalue weighted by Crippen LogP contribution is 2.18. The van der Waals surface area contributed by atoms with E-state index in [1.165, 1.54) is 6.42 Å². The zero-order valence-corrected chi connectivity index (χ0v) is 14.4. The van der Waals surface area contributed by atoms with Crippen LogP contribution < -0.4 is 10.6 Å². The second kappa shape index (κ2) is 7.70. The van der Waals surface area contributed by atoms with Gasteiger partial charge in [-0.05, 0) is 44.0 Å². The summed E-state index contributed by atoms with van der Waals surface area (Å²) in [4.78, 5) is 16.3. The van der Waals surface area contributed by atoms with E-state index in [1.54, 1.807) is 0 Å². The van der Waals surface area contributed by atoms with Gasteiger partial charge in [0.1, 0.15) is 5.82 Å². The lowest BCUT2D eigenvalue weighted by Crippen LogP contribution is -2.24. The first-order chi connectivity index (χ1) is 11.2. The van der Waals surface area contributed by atoms with E-state index in [1.807, 2.05) is 24.3 Å². The van der Waals surface area contributed by atoms with Gasteiger partial charge in [0.2, 0.25) is 5.91 Å². The second-order valence-corrected chi connectivity index (χ2v) is 6.70. The van der Waals surface area contributed by atoms with E-state index < -0.39 is 0 Å². The quantitative estimate of drug-likeness (QED) is 0.720. The van der Waals surface area contributed by atoms with Gasteiger partial charge >= 0.3 is 0 Å². The average molecular weight is 378 g/mol. The van der Waals surface area contributed by atoms with Crippen LogP contribution in [0.25, 0.3) is 11.4 Å². The largest absolute Gasteiger partial charge is 0.349 e. The molecule has 6 nitrogen and oxygen atoms in total. The lowest BCUT2D eigenvalue weighted by molar-refractivity contribution is -0.121. The Balaban J connectivity index is 1.47. The van der Waals surface area contributed by atoms with E-state index in [0.717, 1.165) is 29.5 Å². The smallest absolute Gasteiger partial charge is 0.220 e. The van der Waals surface area contributed by atoms with Gasteiger partial charge in [0.15, 0.2) is 5.82 Å². The normalized spacial score (nSPS) is 17.3. The number of amides is 1. The Morgan fingerprint density at radius 3 is 2.91 bits per heavy atom. The topological polar surface area (TPSA) is 82.7 Å². The number of benzene rings is 1. The van der Waals surface area contributed by atoms with E-state index in [9.17, 15) is 4.79 Å². The van der Waals surface area contributed by atoms with Crippen LogP contribution in [0.2, 0.25) is 0 Å². The van der Waals surface area contributed by atoms with Gasteiger partial charge < -0.3 is 10.6 Å². The molecule has 1 aliphatic heterocycles. The van der Waals surface area contributed by atoms with Gasteiger partial charge in [-0.15, -0.1) is 0 Å². The number of aromatic nitrogens is 3. The van der Waals surface area contributed by atoms with Crippen molar-refractivity contribution in [2.24, 2.45) is 5.92 Å². The average Bonchev–Trinajstić information content (AvgIpc) is 3.23. The van der Waals surface area contributed by atoms with Crippen molar-refractivity contribution in [3.63, 3.8) is 0 Å². The molecular formula is C16H20BrN5O. The van der Waals surface area contributed by atoms with Gasteiger partial charge in [0, 0.05) is 16.5 Å². The van der Waals surface area contributed by atoms with E-state index in [0.29, 0.717) is 30.5 Å². The maximum absolute atomic E-state index is 11.9. The van der Waals surface area contributed by atoms with Crippen molar-refractivity contribution in [2.75, 3.05) is 13.1 Å². The summed E-state index contributed by atoms with van der Waals surface area (Å²) in [5.41, 5.74) is 0.941. The van der Waals surface area contributed by atoms with Crippen molar-refractivity contribution in [1.82, 2.24) is 25.8 Å². The highest BCUT2D eigenvalue weighted by atomic mass is 79.9. The number of hydrogen-bond acceptors (Lipinski definition) is 4. The molecule has 0 spiro atoms. The Kier molecular flexibility index (Phi) is 5.40. The lowest BCUT2D eigenvalue weighted by Gasteiger charge is -2.07. The van der Waals surface area contributed by atoms with E-state index >= 15 is 0 Å². The predicted molar refractivity (Wildman–Crippen MR) is 91.6 cm³/mol. The van der Waals surface area contributed by atoms with Crippen LogP contribution in [-0.2, 0) is 11.3 Å². The van der Waals surface area contributed by atoms with Crippen molar-refractivity contribution in [3.05, 3.63) is 34.6 Å². The molecule has 1 saturated heterocycles. The molecule has 1 amide bonds. The van der Waals surface area contributed by atoms with Crippen molar-refractivity contribution in [1.29, 1.82) is 0 Å². The number of hydrogen-bond donors (Lipinski definition) is 3. The van der Waals surface area contributed by atoms with Gasteiger partial charge in [-0.25, -0.2) is 4.98 Å². The minimum Gasteiger partial charge on any atom is -0.349 e. The molecule has 122 valence electrons. The number of rotatable bonds is 6. The minimum atomic E-state index is 0.0680. The van der Waals surface area contributed by atoms with Crippen LogP contribution in [0.15, 0.2) is 28.7 Å². The molecule has 1 aliphatic rings. The fraction of sp³-hybridized carbons (Fsp3) is 0.438. The standard InChI is InChI=1S/C16H20BrN5O/c17-13-4-2-12(3-5-13)16-20-14(21-22-16)10-19-15(23)6-1-11-7-8-18-9-11/h2-5,11,18H,1,6-10H2,(H,19,23)(H,20,21,22). The fourth-order valence-corrected chi connectivity index (χ4v) is 2.93. The molecule has 3 N–H and O–H groups in total. The van der Waals surface area contributed by atoms with Crippen LogP contribution in [-0.4, -0.2) is 34.2 Å². The number of aromatic amines is 1. The summed E-state index contributed by atoms with van der Waals surface area (Å²) in [6.45, 7) is 2.49. The summed E-state index contributed by atoms with van der Waals surface area (Å²) >= 11 is 3.40. The van der Waals surface area contributed by atoms with Gasteiger partial charge in [0.05, 0.1) is 6.54 Å². The summed E-state index contributed by atoms with van der Waals surface area (Å²) in [5, 5.41) is 13.3. The molecule has 23 heavy (non-hydrogen) atoms. The molecule has 7 heteroatoms. The number of nitrogens with one attached hydrogen (secondary N) is 3. The van der Waals surface area contributed by atoms with E-state index in [4.69, 9.17) is 0 Å². The number of halogens is 1. The van der Waals surface area contributed by atoms with Crippen LogP contribution >= 0.6 is 15.9 Å². The third-order valence-corrected chi connectivity index (χ3v) is 4.56. The summed E-state index contributed by atoms with van der Waals surface area (Å²) in [7, 11) is 0. The van der Waals surface area contributed by atoms with Crippen molar-refractivity contribution in [2.45, 2.75) is 25.8 Å². The molecule has 2 heterocycles. The van der Waals surface area contributed by atoms with Gasteiger partial charge in [0.25, 0.3) is 0 Å². The third-order valence-electron chi connectivity index (χ3n) is 4.03. The molecular weight excluding hydrogens is 358 g/mol. The van der Waals surface area contributed by atoms with Crippen molar-refractivity contribution in [3.8, 4) is 11.4 Å². The molecule has 1 aromatic carbocycles. The number of H-pyrrole nitrogens is 1. The van der Waals surface area contributed by atoms with Crippen LogP contribution in [0.5, 0.6) is 0 Å². The molecule has 0 aliphatic carbocycles. The van der Waals surface area contributed by atoms with E-state index in [-0.39, 0.29) is 5.91 Å². The van der Waals surface area contributed by atoms with Gasteiger partial charge in [-0.2, -0.15) is 5.10 Å². The Morgan fingerprint density at radius 1 is 1.35 bits per heavy atom. The maximum atomic E-state index is 11.9. The Morgan fingerprint density at radius 2 is 2.17 bits per heavy atom. The zero-order valence-electron chi connectivity index (χ0n) is 12.8. The molecule has 1 fully saturated rings. The number of carbonyl (C=O) groups excluding carboxylic acids is 1. The molecule has 1 unspecified atom stereocenters. The second-order valence-electron chi connectivity index (χ2n) is 5.79. The van der Waals surface area contributed by atoms with Crippen LogP contribution in [0.3, 0.4) is 0 Å². The summed E-state index contributed by atoms with van der Waals surface area (Å²) in [6.07, 6.45) is 2.69. The monoisotopic (exact) mass is 377 g/mol. The Bertz CT molecular complexity index is 649. The highest BCUT2D eigenvalue weighted by Gasteiger charge is 2.15.